The van der Waals surface area contributed by atoms with Gasteiger partial charge in [-0.05, 0) is 17.7 Å². The fourth-order valence-corrected chi connectivity index (χ4v) is 3.49. The Morgan fingerprint density at radius 3 is 2.18 bits per heavy atom. The van der Waals surface area contributed by atoms with Gasteiger partial charge in [0, 0.05) is 6.42 Å². The highest BCUT2D eigenvalue weighted by Gasteiger charge is 2.49. The molecule has 9 unspecified atom stereocenters. The highest BCUT2D eigenvalue weighted by Crippen LogP contribution is 2.36. The minimum atomic E-state index is -1.45. The summed E-state index contributed by atoms with van der Waals surface area (Å²) in [4.78, 5) is 0. The van der Waals surface area contributed by atoms with Gasteiger partial charge in [0.15, 0.2) is 6.29 Å². The molecule has 10 nitrogen and oxygen atoms in total. The van der Waals surface area contributed by atoms with E-state index in [0.717, 1.165) is 0 Å². The van der Waals surface area contributed by atoms with E-state index in [-0.39, 0.29) is 12.2 Å². The lowest BCUT2D eigenvalue weighted by Crippen LogP contribution is -2.60. The lowest BCUT2D eigenvalue weighted by atomic mass is 9.90. The quantitative estimate of drug-likeness (QED) is 0.286. The first-order chi connectivity index (χ1) is 13.3. The van der Waals surface area contributed by atoms with Crippen LogP contribution in [0, 0.1) is 0 Å². The predicted octanol–water partition coefficient (Wildman–Crippen LogP) is -2.24. The third-order valence-corrected chi connectivity index (χ3v) is 5.09. The summed E-state index contributed by atoms with van der Waals surface area (Å²) in [5.41, 5.74) is 0.475. The second kappa shape index (κ2) is 8.99. The van der Waals surface area contributed by atoms with E-state index >= 15 is 0 Å². The maximum atomic E-state index is 10.7. The van der Waals surface area contributed by atoms with Gasteiger partial charge in [-0.15, -0.1) is 0 Å². The first-order valence-electron chi connectivity index (χ1n) is 9.05. The molecule has 2 aliphatic heterocycles. The molecule has 2 heterocycles. The second-order valence-corrected chi connectivity index (χ2v) is 7.05. The van der Waals surface area contributed by atoms with Crippen LogP contribution in [0.4, 0.5) is 0 Å². The van der Waals surface area contributed by atoms with Crippen LogP contribution in [0.15, 0.2) is 24.3 Å². The smallest absolute Gasteiger partial charge is 0.186 e. The van der Waals surface area contributed by atoms with E-state index in [1.54, 1.807) is 0 Å². The van der Waals surface area contributed by atoms with Crippen LogP contribution in [0.25, 0.3) is 0 Å². The van der Waals surface area contributed by atoms with E-state index in [2.05, 4.69) is 0 Å². The Labute approximate surface area is 161 Å². The average molecular weight is 402 g/mol. The Morgan fingerprint density at radius 2 is 1.57 bits per heavy atom. The zero-order valence-corrected chi connectivity index (χ0v) is 15.0. The summed E-state index contributed by atoms with van der Waals surface area (Å²) in [5, 5.41) is 69.5. The minimum Gasteiger partial charge on any atom is -0.508 e. The number of aliphatic hydroxyl groups is 6. The molecule has 0 aliphatic carbocycles. The fourth-order valence-electron chi connectivity index (χ4n) is 3.49. The van der Waals surface area contributed by atoms with Crippen molar-refractivity contribution in [3.63, 3.8) is 0 Å². The number of aromatic hydroxyl groups is 1. The number of hydrogen-bond donors (Lipinski definition) is 7. The highest BCUT2D eigenvalue weighted by molar-refractivity contribution is 5.28. The van der Waals surface area contributed by atoms with Crippen molar-refractivity contribution in [1.29, 1.82) is 0 Å². The van der Waals surface area contributed by atoms with Gasteiger partial charge in [-0.3, -0.25) is 0 Å². The molecule has 1 aromatic rings. The maximum absolute atomic E-state index is 10.7. The molecule has 9 atom stereocenters. The molecule has 28 heavy (non-hydrogen) atoms. The molecule has 2 fully saturated rings. The van der Waals surface area contributed by atoms with Crippen LogP contribution in [-0.2, 0) is 14.2 Å². The van der Waals surface area contributed by atoms with E-state index in [1.165, 1.54) is 24.3 Å². The molecule has 2 aliphatic rings. The Kier molecular flexibility index (Phi) is 6.86. The Bertz CT molecular complexity index is 625. The predicted molar refractivity (Wildman–Crippen MR) is 92.1 cm³/mol. The van der Waals surface area contributed by atoms with E-state index in [0.29, 0.717) is 5.56 Å². The van der Waals surface area contributed by atoms with E-state index < -0.39 is 68.3 Å². The zero-order valence-electron chi connectivity index (χ0n) is 15.0. The highest BCUT2D eigenvalue weighted by atomic mass is 16.7. The summed E-state index contributed by atoms with van der Waals surface area (Å²) in [6.45, 7) is -0.962. The van der Waals surface area contributed by atoms with Crippen molar-refractivity contribution >= 4 is 0 Å². The number of ether oxygens (including phenoxy) is 3. The number of benzene rings is 1. The van der Waals surface area contributed by atoms with Crippen molar-refractivity contribution in [2.24, 2.45) is 0 Å². The maximum Gasteiger partial charge on any atom is 0.186 e. The first-order valence-corrected chi connectivity index (χ1v) is 9.05. The van der Waals surface area contributed by atoms with Gasteiger partial charge >= 0.3 is 0 Å². The van der Waals surface area contributed by atoms with Crippen LogP contribution in [-0.4, -0.2) is 98.0 Å². The molecule has 158 valence electrons. The van der Waals surface area contributed by atoms with Crippen molar-refractivity contribution in [2.75, 3.05) is 13.2 Å². The van der Waals surface area contributed by atoms with Crippen LogP contribution in [0.2, 0.25) is 0 Å². The van der Waals surface area contributed by atoms with Crippen molar-refractivity contribution in [2.45, 2.75) is 61.5 Å². The normalized spacial score (nSPS) is 41.7. The standard InChI is InChI=1S/C18H26O10/c19-6-10-5-11(22)13(23)18(26-10)28-17-14(24)12(7-20)27-16(15(17)25)8-1-3-9(21)4-2-8/h1-4,10-25H,5-7H2. The summed E-state index contributed by atoms with van der Waals surface area (Å²) in [6.07, 6.45) is -11.1. The monoisotopic (exact) mass is 402 g/mol. The average Bonchev–Trinajstić information content (AvgIpc) is 2.69. The van der Waals surface area contributed by atoms with Crippen LogP contribution < -0.4 is 0 Å². The molecule has 1 aromatic carbocycles. The molecule has 0 saturated carbocycles. The van der Waals surface area contributed by atoms with Gasteiger partial charge < -0.3 is 50.0 Å². The Balaban J connectivity index is 1.81. The van der Waals surface area contributed by atoms with Gasteiger partial charge in [0.25, 0.3) is 0 Å². The van der Waals surface area contributed by atoms with Crippen molar-refractivity contribution in [3.05, 3.63) is 29.8 Å². The number of rotatable bonds is 5. The molecule has 7 N–H and O–H groups in total. The Hall–Kier alpha value is -1.34. The van der Waals surface area contributed by atoms with Crippen molar-refractivity contribution in [1.82, 2.24) is 0 Å². The third kappa shape index (κ3) is 4.30. The molecule has 0 bridgehead atoms. The van der Waals surface area contributed by atoms with Gasteiger partial charge in [0.05, 0.1) is 25.4 Å². The summed E-state index contributed by atoms with van der Waals surface area (Å²) < 4.78 is 16.6. The number of aliphatic hydroxyl groups excluding tert-OH is 6. The van der Waals surface area contributed by atoms with E-state index in [9.17, 15) is 35.7 Å². The molecule has 0 radical (unpaired) electrons. The van der Waals surface area contributed by atoms with Crippen LogP contribution in [0.3, 0.4) is 0 Å². The number of phenols is 1. The van der Waals surface area contributed by atoms with Gasteiger partial charge in [-0.1, -0.05) is 12.1 Å². The molecular formula is C18H26O10. The fraction of sp³-hybridized carbons (Fsp3) is 0.667. The van der Waals surface area contributed by atoms with Gasteiger partial charge in [0.1, 0.15) is 42.4 Å². The lowest BCUT2D eigenvalue weighted by Gasteiger charge is -2.45. The lowest BCUT2D eigenvalue weighted by molar-refractivity contribution is -0.327. The number of hydrogen-bond acceptors (Lipinski definition) is 10. The minimum absolute atomic E-state index is 0.00576. The summed E-state index contributed by atoms with van der Waals surface area (Å²) in [6, 6.07) is 5.83. The van der Waals surface area contributed by atoms with Crippen LogP contribution in [0.1, 0.15) is 18.1 Å². The van der Waals surface area contributed by atoms with Gasteiger partial charge in [-0.25, -0.2) is 0 Å². The van der Waals surface area contributed by atoms with Gasteiger partial charge in [0.2, 0.25) is 0 Å². The van der Waals surface area contributed by atoms with Crippen molar-refractivity contribution < 1.29 is 50.0 Å². The Morgan fingerprint density at radius 1 is 0.893 bits per heavy atom. The largest absolute Gasteiger partial charge is 0.508 e. The molecular weight excluding hydrogens is 376 g/mol. The zero-order chi connectivity index (χ0) is 20.4. The van der Waals surface area contributed by atoms with Crippen LogP contribution >= 0.6 is 0 Å². The summed E-state index contributed by atoms with van der Waals surface area (Å²) in [5.74, 6) is 0.0170. The SMILES string of the molecule is OCC1CC(O)C(O)C(OC2C(O)C(CO)OC(c3ccc(O)cc3)C2O)O1. The second-order valence-electron chi connectivity index (χ2n) is 7.05. The van der Waals surface area contributed by atoms with E-state index in [4.69, 9.17) is 14.2 Å². The number of phenolic OH excluding ortho intramolecular Hbond substituents is 1. The van der Waals surface area contributed by atoms with Crippen LogP contribution in [0.5, 0.6) is 5.75 Å². The first kappa shape index (κ1) is 21.4. The third-order valence-electron chi connectivity index (χ3n) is 5.09. The molecule has 0 aromatic heterocycles. The van der Waals surface area contributed by atoms with Gasteiger partial charge in [-0.2, -0.15) is 0 Å². The molecule has 2 saturated heterocycles. The summed E-state index contributed by atoms with van der Waals surface area (Å²) >= 11 is 0. The molecule has 0 amide bonds. The summed E-state index contributed by atoms with van der Waals surface area (Å²) in [7, 11) is 0. The molecule has 10 heteroatoms. The van der Waals surface area contributed by atoms with E-state index in [1.807, 2.05) is 0 Å². The topological polar surface area (TPSA) is 169 Å². The van der Waals surface area contributed by atoms with Crippen molar-refractivity contribution in [3.8, 4) is 5.75 Å². The molecule has 0 spiro atoms. The molecule has 3 rings (SSSR count).